The minimum absolute atomic E-state index is 0.0602. The number of rotatable bonds is 7. The van der Waals surface area contributed by atoms with Gasteiger partial charge in [0.25, 0.3) is 0 Å². The number of aliphatic carboxylic acids is 1. The van der Waals surface area contributed by atoms with Crippen molar-refractivity contribution < 1.29 is 29.0 Å². The topological polar surface area (TPSA) is 97.3 Å². The van der Waals surface area contributed by atoms with Gasteiger partial charge < -0.3 is 19.5 Å². The molecule has 31 heavy (non-hydrogen) atoms. The Morgan fingerprint density at radius 2 is 1.87 bits per heavy atom. The summed E-state index contributed by atoms with van der Waals surface area (Å²) in [5.41, 5.74) is 3.62. The monoisotopic (exact) mass is 434 g/mol. The van der Waals surface area contributed by atoms with Crippen LogP contribution in [0.5, 0.6) is 5.75 Å². The van der Waals surface area contributed by atoms with Crippen LogP contribution in [0.25, 0.3) is 0 Å². The van der Waals surface area contributed by atoms with Crippen LogP contribution < -0.4 is 10.2 Å². The average Bonchev–Trinajstić information content (AvgIpc) is 3.19. The Morgan fingerprint density at radius 3 is 2.48 bits per heavy atom. The summed E-state index contributed by atoms with van der Waals surface area (Å²) >= 11 is 0. The van der Waals surface area contributed by atoms with Crippen LogP contribution in [0.15, 0.2) is 24.3 Å². The number of nitrogens with zero attached hydrogens (tertiary/aromatic N) is 1. The fraction of sp³-hybridized carbons (Fsp3) is 0.652. The maximum atomic E-state index is 12.2. The van der Waals surface area contributed by atoms with E-state index in [0.717, 1.165) is 30.6 Å². The van der Waals surface area contributed by atoms with Gasteiger partial charge in [-0.3, -0.25) is 9.63 Å². The van der Waals surface area contributed by atoms with E-state index in [1.807, 2.05) is 45.0 Å². The van der Waals surface area contributed by atoms with E-state index >= 15 is 0 Å². The Labute approximate surface area is 183 Å². The summed E-state index contributed by atoms with van der Waals surface area (Å²) in [6.45, 7) is 7.65. The van der Waals surface area contributed by atoms with Crippen LogP contribution in [0, 0.1) is 5.92 Å². The molecule has 0 spiro atoms. The van der Waals surface area contributed by atoms with Crippen molar-refractivity contribution in [3.8, 4) is 5.75 Å². The molecule has 1 amide bonds. The SMILES string of the molecule is CC(C)(C)OC(=O)N1CCC(COc2ccc(C3CC(CCC(=O)O)ON3)cc2)CC1. The summed E-state index contributed by atoms with van der Waals surface area (Å²) in [7, 11) is 0. The van der Waals surface area contributed by atoms with Gasteiger partial charge in [0.1, 0.15) is 11.4 Å². The number of carboxylic acids is 1. The first-order chi connectivity index (χ1) is 14.7. The molecule has 2 N–H and O–H groups in total. The van der Waals surface area contributed by atoms with Gasteiger partial charge in [-0.25, -0.2) is 4.79 Å². The van der Waals surface area contributed by atoms with Crippen LogP contribution in [0.4, 0.5) is 4.79 Å². The van der Waals surface area contributed by atoms with E-state index in [4.69, 9.17) is 19.4 Å². The van der Waals surface area contributed by atoms with Crippen molar-refractivity contribution in [1.82, 2.24) is 10.4 Å². The van der Waals surface area contributed by atoms with E-state index in [1.165, 1.54) is 0 Å². The predicted octanol–water partition coefficient (Wildman–Crippen LogP) is 3.91. The molecule has 1 aromatic rings. The first-order valence-corrected chi connectivity index (χ1v) is 11.0. The molecule has 0 saturated carbocycles. The predicted molar refractivity (Wildman–Crippen MR) is 115 cm³/mol. The van der Waals surface area contributed by atoms with Gasteiger partial charge in [0.2, 0.25) is 0 Å². The summed E-state index contributed by atoms with van der Waals surface area (Å²) < 4.78 is 11.4. The third kappa shape index (κ3) is 7.40. The molecule has 8 nitrogen and oxygen atoms in total. The second kappa shape index (κ2) is 10.3. The molecule has 2 heterocycles. The number of likely N-dealkylation sites (tertiary alicyclic amines) is 1. The standard InChI is InChI=1S/C23H34N2O6/c1-23(2,3)30-22(28)25-12-10-16(11-13-25)15-29-18-6-4-17(5-7-18)20-14-19(31-24-20)8-9-21(26)27/h4-7,16,19-20,24H,8-15H2,1-3H3,(H,26,27). The average molecular weight is 435 g/mol. The fourth-order valence-electron chi connectivity index (χ4n) is 3.82. The number of hydrogen-bond donors (Lipinski definition) is 2. The summed E-state index contributed by atoms with van der Waals surface area (Å²) in [5, 5.41) is 8.80. The minimum Gasteiger partial charge on any atom is -0.493 e. The molecule has 2 saturated heterocycles. The maximum absolute atomic E-state index is 12.2. The Bertz CT molecular complexity index is 737. The molecule has 1 aromatic carbocycles. The van der Waals surface area contributed by atoms with Gasteiger partial charge in [0.05, 0.1) is 18.8 Å². The lowest BCUT2D eigenvalue weighted by Gasteiger charge is -2.33. The third-order valence-corrected chi connectivity index (χ3v) is 5.59. The number of carboxylic acid groups (broad SMARTS) is 1. The molecule has 0 aliphatic carbocycles. The van der Waals surface area contributed by atoms with Crippen molar-refractivity contribution in [2.24, 2.45) is 5.92 Å². The smallest absolute Gasteiger partial charge is 0.410 e. The highest BCUT2D eigenvalue weighted by atomic mass is 16.7. The molecule has 0 radical (unpaired) electrons. The first kappa shape index (κ1) is 23.3. The largest absolute Gasteiger partial charge is 0.493 e. The molecule has 3 rings (SSSR count). The maximum Gasteiger partial charge on any atom is 0.410 e. The van der Waals surface area contributed by atoms with Crippen molar-refractivity contribution >= 4 is 12.1 Å². The third-order valence-electron chi connectivity index (χ3n) is 5.59. The van der Waals surface area contributed by atoms with Gasteiger partial charge in [-0.15, -0.1) is 0 Å². The molecule has 2 unspecified atom stereocenters. The zero-order chi connectivity index (χ0) is 22.4. The zero-order valence-electron chi connectivity index (χ0n) is 18.6. The quantitative estimate of drug-likeness (QED) is 0.671. The van der Waals surface area contributed by atoms with Crippen LogP contribution in [0.3, 0.4) is 0 Å². The van der Waals surface area contributed by atoms with Crippen LogP contribution in [0.2, 0.25) is 0 Å². The first-order valence-electron chi connectivity index (χ1n) is 11.0. The van der Waals surface area contributed by atoms with Gasteiger partial charge in [0, 0.05) is 19.5 Å². The number of carbonyl (C=O) groups is 2. The Morgan fingerprint density at radius 1 is 1.19 bits per heavy atom. The molecular weight excluding hydrogens is 400 g/mol. The lowest BCUT2D eigenvalue weighted by Crippen LogP contribution is -2.42. The molecule has 2 fully saturated rings. The van der Waals surface area contributed by atoms with E-state index in [1.54, 1.807) is 4.90 Å². The Balaban J connectivity index is 1.38. The van der Waals surface area contributed by atoms with Crippen molar-refractivity contribution in [3.63, 3.8) is 0 Å². The lowest BCUT2D eigenvalue weighted by molar-refractivity contribution is -0.137. The number of carbonyl (C=O) groups excluding carboxylic acids is 1. The second-order valence-corrected chi connectivity index (χ2v) is 9.37. The van der Waals surface area contributed by atoms with Crippen molar-refractivity contribution in [2.75, 3.05) is 19.7 Å². The second-order valence-electron chi connectivity index (χ2n) is 9.37. The van der Waals surface area contributed by atoms with E-state index in [9.17, 15) is 9.59 Å². The molecular formula is C23H34N2O6. The Kier molecular flexibility index (Phi) is 7.78. The molecule has 2 atom stereocenters. The van der Waals surface area contributed by atoms with Gasteiger partial charge in [-0.2, -0.15) is 5.48 Å². The summed E-state index contributed by atoms with van der Waals surface area (Å²) in [5.74, 6) is 0.432. The summed E-state index contributed by atoms with van der Waals surface area (Å²) in [6, 6.07) is 8.00. The highest BCUT2D eigenvalue weighted by Gasteiger charge is 2.28. The van der Waals surface area contributed by atoms with Gasteiger partial charge in [-0.05, 0) is 70.1 Å². The van der Waals surface area contributed by atoms with Crippen molar-refractivity contribution in [1.29, 1.82) is 0 Å². The lowest BCUT2D eigenvalue weighted by atomic mass is 9.98. The van der Waals surface area contributed by atoms with E-state index in [-0.39, 0.29) is 24.7 Å². The number of hydrogen-bond acceptors (Lipinski definition) is 6. The molecule has 172 valence electrons. The molecule has 2 aliphatic rings. The van der Waals surface area contributed by atoms with Crippen LogP contribution in [-0.2, 0) is 14.4 Å². The van der Waals surface area contributed by atoms with E-state index < -0.39 is 11.6 Å². The molecule has 0 aromatic heterocycles. The summed E-state index contributed by atoms with van der Waals surface area (Å²) in [6.07, 6.45) is 2.86. The highest BCUT2D eigenvalue weighted by Crippen LogP contribution is 2.29. The van der Waals surface area contributed by atoms with E-state index in [2.05, 4.69) is 5.48 Å². The van der Waals surface area contributed by atoms with Gasteiger partial charge in [0.15, 0.2) is 0 Å². The zero-order valence-corrected chi connectivity index (χ0v) is 18.6. The van der Waals surface area contributed by atoms with Crippen molar-refractivity contribution in [3.05, 3.63) is 29.8 Å². The summed E-state index contributed by atoms with van der Waals surface area (Å²) in [4.78, 5) is 30.1. The number of benzene rings is 1. The van der Waals surface area contributed by atoms with Gasteiger partial charge >= 0.3 is 12.1 Å². The number of piperidine rings is 1. The van der Waals surface area contributed by atoms with Crippen LogP contribution in [0.1, 0.15) is 64.5 Å². The molecule has 0 bridgehead atoms. The number of nitrogens with one attached hydrogen (secondary N) is 1. The van der Waals surface area contributed by atoms with Crippen molar-refractivity contribution in [2.45, 2.75) is 70.6 Å². The number of amides is 1. The van der Waals surface area contributed by atoms with Crippen LogP contribution >= 0.6 is 0 Å². The molecule has 2 aliphatic heterocycles. The minimum atomic E-state index is -0.802. The number of hydroxylamine groups is 1. The van der Waals surface area contributed by atoms with Gasteiger partial charge in [-0.1, -0.05) is 12.1 Å². The van der Waals surface area contributed by atoms with Crippen LogP contribution in [-0.4, -0.2) is 53.5 Å². The normalized spacial score (nSPS) is 22.4. The number of ether oxygens (including phenoxy) is 2. The highest BCUT2D eigenvalue weighted by molar-refractivity contribution is 5.68. The fourth-order valence-corrected chi connectivity index (χ4v) is 3.82. The molecule has 8 heteroatoms. The van der Waals surface area contributed by atoms with E-state index in [0.29, 0.717) is 32.0 Å². The Hall–Kier alpha value is -2.32.